The number of hydrogen-bond donors (Lipinski definition) is 1. The molecule has 1 N–H and O–H groups in total. The van der Waals surface area contributed by atoms with Gasteiger partial charge in [-0.05, 0) is 42.5 Å². The standard InChI is InChI=1S/C14H11BrClNO2/c1-19-13-8-9(15)2-7-12(13)14(18)17-11-5-3-10(16)4-6-11/h2-8H,1H3,(H,17,18). The Balaban J connectivity index is 2.22. The molecular weight excluding hydrogens is 330 g/mol. The van der Waals surface area contributed by atoms with E-state index in [0.717, 1.165) is 4.47 Å². The topological polar surface area (TPSA) is 38.3 Å². The number of halogens is 2. The molecule has 0 fully saturated rings. The number of carbonyl (C=O) groups is 1. The Kier molecular flexibility index (Phi) is 4.45. The summed E-state index contributed by atoms with van der Waals surface area (Å²) in [6.07, 6.45) is 0. The van der Waals surface area contributed by atoms with E-state index in [9.17, 15) is 4.79 Å². The van der Waals surface area contributed by atoms with Crippen LogP contribution in [0.15, 0.2) is 46.9 Å². The lowest BCUT2D eigenvalue weighted by Crippen LogP contribution is -2.13. The van der Waals surface area contributed by atoms with Crippen LogP contribution in [0.5, 0.6) is 5.75 Å². The number of carbonyl (C=O) groups excluding carboxylic acids is 1. The maximum atomic E-state index is 12.2. The molecule has 0 aliphatic rings. The van der Waals surface area contributed by atoms with Gasteiger partial charge >= 0.3 is 0 Å². The van der Waals surface area contributed by atoms with Crippen LogP contribution < -0.4 is 10.1 Å². The van der Waals surface area contributed by atoms with Gasteiger partial charge in [0.15, 0.2) is 0 Å². The van der Waals surface area contributed by atoms with E-state index < -0.39 is 0 Å². The van der Waals surface area contributed by atoms with Gasteiger partial charge in [-0.1, -0.05) is 27.5 Å². The van der Waals surface area contributed by atoms with Crippen LogP contribution in [0.3, 0.4) is 0 Å². The van der Waals surface area contributed by atoms with E-state index in [0.29, 0.717) is 22.0 Å². The molecular formula is C14H11BrClNO2. The van der Waals surface area contributed by atoms with Crippen LogP contribution in [0.4, 0.5) is 5.69 Å². The first-order valence-corrected chi connectivity index (χ1v) is 6.67. The summed E-state index contributed by atoms with van der Waals surface area (Å²) in [6, 6.07) is 12.2. The molecule has 0 aliphatic carbocycles. The zero-order chi connectivity index (χ0) is 13.8. The lowest BCUT2D eigenvalue weighted by atomic mass is 10.2. The van der Waals surface area contributed by atoms with Crippen LogP contribution in [0.25, 0.3) is 0 Å². The highest BCUT2D eigenvalue weighted by Gasteiger charge is 2.12. The molecule has 0 saturated carbocycles. The fourth-order valence-corrected chi connectivity index (χ4v) is 2.05. The number of nitrogens with one attached hydrogen (secondary N) is 1. The molecule has 2 rings (SSSR count). The minimum absolute atomic E-state index is 0.230. The highest BCUT2D eigenvalue weighted by Crippen LogP contribution is 2.24. The van der Waals surface area contributed by atoms with Crippen molar-refractivity contribution in [2.45, 2.75) is 0 Å². The Morgan fingerprint density at radius 1 is 1.21 bits per heavy atom. The second kappa shape index (κ2) is 6.08. The molecule has 3 nitrogen and oxygen atoms in total. The molecule has 0 spiro atoms. The molecule has 1 amide bonds. The number of rotatable bonds is 3. The summed E-state index contributed by atoms with van der Waals surface area (Å²) >= 11 is 9.13. The van der Waals surface area contributed by atoms with Gasteiger partial charge in [0.25, 0.3) is 5.91 Å². The lowest BCUT2D eigenvalue weighted by Gasteiger charge is -2.09. The first kappa shape index (κ1) is 13.9. The number of benzene rings is 2. The van der Waals surface area contributed by atoms with Crippen LogP contribution in [0.2, 0.25) is 5.02 Å². The Morgan fingerprint density at radius 2 is 1.89 bits per heavy atom. The Bertz CT molecular complexity index is 599. The molecule has 98 valence electrons. The van der Waals surface area contributed by atoms with Crippen molar-refractivity contribution in [3.63, 3.8) is 0 Å². The van der Waals surface area contributed by atoms with Crippen LogP contribution >= 0.6 is 27.5 Å². The summed E-state index contributed by atoms with van der Waals surface area (Å²) in [6.45, 7) is 0. The highest BCUT2D eigenvalue weighted by molar-refractivity contribution is 9.10. The lowest BCUT2D eigenvalue weighted by molar-refractivity contribution is 0.102. The zero-order valence-corrected chi connectivity index (χ0v) is 12.5. The van der Waals surface area contributed by atoms with Gasteiger partial charge in [0, 0.05) is 15.2 Å². The second-order valence-electron chi connectivity index (χ2n) is 3.81. The van der Waals surface area contributed by atoms with E-state index in [-0.39, 0.29) is 5.91 Å². The average molecular weight is 341 g/mol. The Hall–Kier alpha value is -1.52. The van der Waals surface area contributed by atoms with E-state index in [4.69, 9.17) is 16.3 Å². The maximum absolute atomic E-state index is 12.2. The van der Waals surface area contributed by atoms with Crippen molar-refractivity contribution in [2.24, 2.45) is 0 Å². The van der Waals surface area contributed by atoms with Crippen LogP contribution in [0, 0.1) is 0 Å². The molecule has 0 aromatic heterocycles. The van der Waals surface area contributed by atoms with Crippen molar-refractivity contribution in [3.05, 3.63) is 57.5 Å². The number of anilines is 1. The van der Waals surface area contributed by atoms with Crippen molar-refractivity contribution in [1.29, 1.82) is 0 Å². The van der Waals surface area contributed by atoms with Crippen molar-refractivity contribution >= 4 is 39.1 Å². The predicted octanol–water partition coefficient (Wildman–Crippen LogP) is 4.36. The van der Waals surface area contributed by atoms with E-state index in [1.54, 1.807) is 42.5 Å². The van der Waals surface area contributed by atoms with Crippen molar-refractivity contribution in [1.82, 2.24) is 0 Å². The van der Waals surface area contributed by atoms with E-state index >= 15 is 0 Å². The van der Waals surface area contributed by atoms with Gasteiger partial charge in [0.05, 0.1) is 12.7 Å². The summed E-state index contributed by atoms with van der Waals surface area (Å²) in [5, 5.41) is 3.41. The van der Waals surface area contributed by atoms with Gasteiger partial charge < -0.3 is 10.1 Å². The zero-order valence-electron chi connectivity index (χ0n) is 10.1. The summed E-state index contributed by atoms with van der Waals surface area (Å²) in [7, 11) is 1.53. The van der Waals surface area contributed by atoms with Gasteiger partial charge in [-0.3, -0.25) is 4.79 Å². The van der Waals surface area contributed by atoms with Crippen LogP contribution in [-0.4, -0.2) is 13.0 Å². The minimum Gasteiger partial charge on any atom is -0.496 e. The van der Waals surface area contributed by atoms with Crippen molar-refractivity contribution in [2.75, 3.05) is 12.4 Å². The monoisotopic (exact) mass is 339 g/mol. The Labute approximate surface area is 124 Å². The number of hydrogen-bond acceptors (Lipinski definition) is 2. The molecule has 0 bridgehead atoms. The summed E-state index contributed by atoms with van der Waals surface area (Å²) < 4.78 is 6.05. The van der Waals surface area contributed by atoms with Gasteiger partial charge in [0.1, 0.15) is 5.75 Å². The minimum atomic E-state index is -0.230. The third-order valence-corrected chi connectivity index (χ3v) is 3.26. The molecule has 0 radical (unpaired) electrons. The second-order valence-corrected chi connectivity index (χ2v) is 5.16. The quantitative estimate of drug-likeness (QED) is 0.901. The van der Waals surface area contributed by atoms with Gasteiger partial charge in [-0.25, -0.2) is 0 Å². The molecule has 19 heavy (non-hydrogen) atoms. The van der Waals surface area contributed by atoms with Crippen molar-refractivity contribution < 1.29 is 9.53 Å². The van der Waals surface area contributed by atoms with E-state index in [1.165, 1.54) is 7.11 Å². The van der Waals surface area contributed by atoms with Crippen LogP contribution in [-0.2, 0) is 0 Å². The fraction of sp³-hybridized carbons (Fsp3) is 0.0714. The number of ether oxygens (including phenoxy) is 1. The number of methoxy groups -OCH3 is 1. The molecule has 0 heterocycles. The first-order valence-electron chi connectivity index (χ1n) is 5.50. The predicted molar refractivity (Wildman–Crippen MR) is 80.1 cm³/mol. The maximum Gasteiger partial charge on any atom is 0.259 e. The van der Waals surface area contributed by atoms with E-state index in [1.807, 2.05) is 0 Å². The largest absolute Gasteiger partial charge is 0.496 e. The van der Waals surface area contributed by atoms with E-state index in [2.05, 4.69) is 21.2 Å². The molecule has 5 heteroatoms. The van der Waals surface area contributed by atoms with Gasteiger partial charge in [-0.15, -0.1) is 0 Å². The molecule has 0 aliphatic heterocycles. The SMILES string of the molecule is COc1cc(Br)ccc1C(=O)Nc1ccc(Cl)cc1. The Morgan fingerprint density at radius 3 is 2.53 bits per heavy atom. The van der Waals surface area contributed by atoms with Crippen molar-refractivity contribution in [3.8, 4) is 5.75 Å². The normalized spacial score (nSPS) is 10.1. The fourth-order valence-electron chi connectivity index (χ4n) is 1.58. The first-order chi connectivity index (χ1) is 9.10. The molecule has 2 aromatic rings. The summed E-state index contributed by atoms with van der Waals surface area (Å²) in [5.41, 5.74) is 1.15. The summed E-state index contributed by atoms with van der Waals surface area (Å²) in [5.74, 6) is 0.285. The molecule has 0 saturated heterocycles. The third-order valence-electron chi connectivity index (χ3n) is 2.51. The third kappa shape index (κ3) is 3.49. The molecule has 2 aromatic carbocycles. The molecule has 0 unspecified atom stereocenters. The van der Waals surface area contributed by atoms with Gasteiger partial charge in [-0.2, -0.15) is 0 Å². The van der Waals surface area contributed by atoms with Crippen LogP contribution in [0.1, 0.15) is 10.4 Å². The molecule has 0 atom stereocenters. The van der Waals surface area contributed by atoms with Gasteiger partial charge in [0.2, 0.25) is 0 Å². The summed E-state index contributed by atoms with van der Waals surface area (Å²) in [4.78, 5) is 12.2. The average Bonchev–Trinajstić information content (AvgIpc) is 2.41. The number of amides is 1. The highest BCUT2D eigenvalue weighted by atomic mass is 79.9. The smallest absolute Gasteiger partial charge is 0.259 e.